The van der Waals surface area contributed by atoms with Crippen LogP contribution in [0.25, 0.3) is 0 Å². The highest BCUT2D eigenvalue weighted by atomic mass is 32.1. The first-order valence-corrected chi connectivity index (χ1v) is 7.91. The summed E-state index contributed by atoms with van der Waals surface area (Å²) in [5, 5.41) is 6.03. The topological polar surface area (TPSA) is 21.3 Å². The molecule has 0 spiro atoms. The molecule has 0 bridgehead atoms. The molecule has 1 fully saturated rings. The van der Waals surface area contributed by atoms with E-state index in [4.69, 9.17) is 4.74 Å². The number of nitrogens with one attached hydrogen (secondary N) is 1. The van der Waals surface area contributed by atoms with E-state index in [1.54, 1.807) is 0 Å². The fraction of sp³-hybridized carbons (Fsp3) is 0.733. The van der Waals surface area contributed by atoms with Crippen molar-refractivity contribution in [2.24, 2.45) is 5.92 Å². The third-order valence-electron chi connectivity index (χ3n) is 3.94. The van der Waals surface area contributed by atoms with Crippen LogP contribution in [0.2, 0.25) is 0 Å². The SMILES string of the molecule is COC1CCC(NC(c2cccs2)C(C)C)CC1. The summed E-state index contributed by atoms with van der Waals surface area (Å²) < 4.78 is 5.44. The van der Waals surface area contributed by atoms with Gasteiger partial charge in [0.15, 0.2) is 0 Å². The molecule has 3 heteroatoms. The summed E-state index contributed by atoms with van der Waals surface area (Å²) in [6, 6.07) is 5.57. The molecule has 102 valence electrons. The molecule has 0 amide bonds. The Morgan fingerprint density at radius 3 is 2.50 bits per heavy atom. The monoisotopic (exact) mass is 267 g/mol. The van der Waals surface area contributed by atoms with Gasteiger partial charge in [0.05, 0.1) is 6.10 Å². The van der Waals surface area contributed by atoms with Gasteiger partial charge in [-0.3, -0.25) is 0 Å². The molecule has 0 saturated heterocycles. The lowest BCUT2D eigenvalue weighted by molar-refractivity contribution is 0.0603. The van der Waals surface area contributed by atoms with Gasteiger partial charge in [0.25, 0.3) is 0 Å². The van der Waals surface area contributed by atoms with Crippen molar-refractivity contribution in [2.45, 2.75) is 57.7 Å². The maximum atomic E-state index is 5.44. The van der Waals surface area contributed by atoms with Gasteiger partial charge in [-0.15, -0.1) is 11.3 Å². The average Bonchev–Trinajstić information content (AvgIpc) is 2.90. The summed E-state index contributed by atoms with van der Waals surface area (Å²) >= 11 is 1.87. The molecule has 18 heavy (non-hydrogen) atoms. The number of hydrogen-bond donors (Lipinski definition) is 1. The second-order valence-electron chi connectivity index (χ2n) is 5.61. The largest absolute Gasteiger partial charge is 0.381 e. The molecule has 0 radical (unpaired) electrons. The second kappa shape index (κ2) is 6.69. The maximum absolute atomic E-state index is 5.44. The first-order chi connectivity index (χ1) is 8.70. The van der Waals surface area contributed by atoms with E-state index in [1.165, 1.54) is 30.6 Å². The molecule has 0 aromatic carbocycles. The van der Waals surface area contributed by atoms with Crippen LogP contribution < -0.4 is 5.32 Å². The van der Waals surface area contributed by atoms with Gasteiger partial charge >= 0.3 is 0 Å². The quantitative estimate of drug-likeness (QED) is 0.871. The predicted octanol–water partition coefficient (Wildman–Crippen LogP) is 3.99. The van der Waals surface area contributed by atoms with Crippen molar-refractivity contribution >= 4 is 11.3 Å². The summed E-state index contributed by atoms with van der Waals surface area (Å²) in [7, 11) is 1.83. The molecule has 1 aromatic rings. The first kappa shape index (κ1) is 14.0. The fourth-order valence-electron chi connectivity index (χ4n) is 2.79. The van der Waals surface area contributed by atoms with Crippen LogP contribution in [-0.4, -0.2) is 19.3 Å². The zero-order chi connectivity index (χ0) is 13.0. The van der Waals surface area contributed by atoms with E-state index >= 15 is 0 Å². The van der Waals surface area contributed by atoms with Crippen molar-refractivity contribution in [3.8, 4) is 0 Å². The van der Waals surface area contributed by atoms with Crippen LogP contribution in [0.1, 0.15) is 50.4 Å². The van der Waals surface area contributed by atoms with Crippen LogP contribution in [0.4, 0.5) is 0 Å². The normalized spacial score (nSPS) is 26.4. The van der Waals surface area contributed by atoms with Gasteiger partial charge in [-0.05, 0) is 43.0 Å². The van der Waals surface area contributed by atoms with Gasteiger partial charge in [0.2, 0.25) is 0 Å². The molecule has 2 rings (SSSR count). The van der Waals surface area contributed by atoms with E-state index in [0.717, 1.165) is 0 Å². The Balaban J connectivity index is 1.90. The Kier molecular flexibility index (Phi) is 5.22. The van der Waals surface area contributed by atoms with E-state index in [-0.39, 0.29) is 0 Å². The van der Waals surface area contributed by atoms with Crippen molar-refractivity contribution in [3.63, 3.8) is 0 Å². The van der Waals surface area contributed by atoms with Gasteiger partial charge in [0.1, 0.15) is 0 Å². The molecule has 1 aliphatic rings. The Bertz CT molecular complexity index is 328. The van der Waals surface area contributed by atoms with E-state index in [9.17, 15) is 0 Å². The van der Waals surface area contributed by atoms with E-state index < -0.39 is 0 Å². The van der Waals surface area contributed by atoms with Crippen molar-refractivity contribution in [1.82, 2.24) is 5.32 Å². The standard InChI is InChI=1S/C15H25NOS/c1-11(2)15(14-5-4-10-18-14)16-12-6-8-13(17-3)9-7-12/h4-5,10-13,15-16H,6-9H2,1-3H3. The minimum Gasteiger partial charge on any atom is -0.381 e. The predicted molar refractivity (Wildman–Crippen MR) is 78.1 cm³/mol. The zero-order valence-electron chi connectivity index (χ0n) is 11.7. The summed E-state index contributed by atoms with van der Waals surface area (Å²) in [5.74, 6) is 0.642. The molecule has 1 saturated carbocycles. The van der Waals surface area contributed by atoms with Crippen LogP contribution in [0.3, 0.4) is 0 Å². The van der Waals surface area contributed by atoms with Crippen molar-refractivity contribution in [2.75, 3.05) is 7.11 Å². The lowest BCUT2D eigenvalue weighted by atomic mass is 9.91. The fourth-order valence-corrected chi connectivity index (χ4v) is 3.75. The van der Waals surface area contributed by atoms with Crippen LogP contribution in [-0.2, 0) is 4.74 Å². The molecular formula is C15H25NOS. The summed E-state index contributed by atoms with van der Waals surface area (Å²) in [6.45, 7) is 4.61. The molecule has 1 N–H and O–H groups in total. The van der Waals surface area contributed by atoms with E-state index in [1.807, 2.05) is 18.4 Å². The molecule has 1 aromatic heterocycles. The first-order valence-electron chi connectivity index (χ1n) is 7.03. The van der Waals surface area contributed by atoms with Crippen molar-refractivity contribution in [1.29, 1.82) is 0 Å². The minimum absolute atomic E-state index is 0.488. The Morgan fingerprint density at radius 1 is 1.28 bits per heavy atom. The molecule has 1 heterocycles. The molecule has 1 atom stereocenters. The second-order valence-corrected chi connectivity index (χ2v) is 6.59. The third kappa shape index (κ3) is 3.56. The molecule has 1 unspecified atom stereocenters. The van der Waals surface area contributed by atoms with Gasteiger partial charge < -0.3 is 10.1 Å². The highest BCUT2D eigenvalue weighted by molar-refractivity contribution is 7.10. The highest BCUT2D eigenvalue weighted by Gasteiger charge is 2.25. The number of rotatable bonds is 5. The molecule has 2 nitrogen and oxygen atoms in total. The van der Waals surface area contributed by atoms with Crippen LogP contribution in [0.15, 0.2) is 17.5 Å². The third-order valence-corrected chi connectivity index (χ3v) is 4.89. The summed E-state index contributed by atoms with van der Waals surface area (Å²) in [6.07, 6.45) is 5.37. The number of thiophene rings is 1. The smallest absolute Gasteiger partial charge is 0.0572 e. The minimum atomic E-state index is 0.488. The molecule has 1 aliphatic carbocycles. The van der Waals surface area contributed by atoms with Crippen LogP contribution in [0, 0.1) is 5.92 Å². The molecule has 0 aliphatic heterocycles. The lowest BCUT2D eigenvalue weighted by Gasteiger charge is -2.32. The van der Waals surface area contributed by atoms with Gasteiger partial charge in [-0.1, -0.05) is 19.9 Å². The van der Waals surface area contributed by atoms with Gasteiger partial charge in [-0.2, -0.15) is 0 Å². The van der Waals surface area contributed by atoms with Crippen molar-refractivity contribution < 1.29 is 4.74 Å². The Hall–Kier alpha value is -0.380. The zero-order valence-corrected chi connectivity index (χ0v) is 12.5. The lowest BCUT2D eigenvalue weighted by Crippen LogP contribution is -2.39. The Labute approximate surface area is 115 Å². The van der Waals surface area contributed by atoms with Crippen LogP contribution in [0.5, 0.6) is 0 Å². The summed E-state index contributed by atoms with van der Waals surface area (Å²) in [4.78, 5) is 1.47. The van der Waals surface area contributed by atoms with E-state index in [2.05, 4.69) is 36.7 Å². The van der Waals surface area contributed by atoms with E-state index in [0.29, 0.717) is 24.1 Å². The number of methoxy groups -OCH3 is 1. The Morgan fingerprint density at radius 2 is 2.00 bits per heavy atom. The maximum Gasteiger partial charge on any atom is 0.0572 e. The molecular weight excluding hydrogens is 242 g/mol. The summed E-state index contributed by atoms with van der Waals surface area (Å²) in [5.41, 5.74) is 0. The average molecular weight is 267 g/mol. The number of ether oxygens (including phenoxy) is 1. The highest BCUT2D eigenvalue weighted by Crippen LogP contribution is 2.29. The number of hydrogen-bond acceptors (Lipinski definition) is 3. The van der Waals surface area contributed by atoms with Gasteiger partial charge in [-0.25, -0.2) is 0 Å². The van der Waals surface area contributed by atoms with Gasteiger partial charge in [0, 0.05) is 24.1 Å². The van der Waals surface area contributed by atoms with Crippen molar-refractivity contribution in [3.05, 3.63) is 22.4 Å². The van der Waals surface area contributed by atoms with Crippen LogP contribution >= 0.6 is 11.3 Å².